The second-order valence-corrected chi connectivity index (χ2v) is 5.24. The first-order chi connectivity index (χ1) is 10.2. The quantitative estimate of drug-likeness (QED) is 0.481. The number of carbonyl (C=O) groups is 1. The molecule has 3 rings (SSSR count). The zero-order chi connectivity index (χ0) is 14.7. The van der Waals surface area contributed by atoms with Crippen LogP contribution in [0, 0.1) is 0 Å². The van der Waals surface area contributed by atoms with Crippen molar-refractivity contribution in [3.63, 3.8) is 0 Å². The Kier molecular flexibility index (Phi) is 3.92. The van der Waals surface area contributed by atoms with E-state index in [2.05, 4.69) is 15.9 Å². The molecule has 0 aromatic heterocycles. The smallest absolute Gasteiger partial charge is 0.336 e. The standard InChI is InChI=1S/C16H11BrO4/c17-12-4-1-11(2-5-12)3-8-16(18)21-13-6-7-14-15(9-13)20-10-19-14/h1-9H,10H2/b8-3+. The van der Waals surface area contributed by atoms with Crippen LogP contribution in [-0.2, 0) is 4.79 Å². The summed E-state index contributed by atoms with van der Waals surface area (Å²) < 4.78 is 16.6. The Balaban J connectivity index is 1.65. The molecule has 2 aromatic carbocycles. The van der Waals surface area contributed by atoms with Gasteiger partial charge in [0, 0.05) is 16.6 Å². The van der Waals surface area contributed by atoms with E-state index in [9.17, 15) is 4.79 Å². The van der Waals surface area contributed by atoms with Gasteiger partial charge in [0.2, 0.25) is 6.79 Å². The van der Waals surface area contributed by atoms with Gasteiger partial charge >= 0.3 is 5.97 Å². The van der Waals surface area contributed by atoms with Gasteiger partial charge in [0.1, 0.15) is 5.75 Å². The first kappa shape index (κ1) is 13.7. The maximum absolute atomic E-state index is 11.8. The second-order valence-electron chi connectivity index (χ2n) is 4.32. The molecule has 4 nitrogen and oxygen atoms in total. The number of halogens is 1. The number of benzene rings is 2. The molecule has 5 heteroatoms. The van der Waals surface area contributed by atoms with Crippen LogP contribution >= 0.6 is 15.9 Å². The van der Waals surface area contributed by atoms with E-state index in [1.165, 1.54) is 6.08 Å². The Hall–Kier alpha value is -2.27. The largest absolute Gasteiger partial charge is 0.454 e. The molecule has 0 saturated carbocycles. The molecule has 1 aliphatic heterocycles. The van der Waals surface area contributed by atoms with Crippen LogP contribution < -0.4 is 14.2 Å². The van der Waals surface area contributed by atoms with Crippen molar-refractivity contribution in [2.24, 2.45) is 0 Å². The second kappa shape index (κ2) is 6.01. The van der Waals surface area contributed by atoms with Crippen LogP contribution in [0.4, 0.5) is 0 Å². The normalized spacial score (nSPS) is 12.6. The molecule has 0 aliphatic carbocycles. The van der Waals surface area contributed by atoms with Crippen LogP contribution in [0.15, 0.2) is 53.0 Å². The molecule has 0 bridgehead atoms. The van der Waals surface area contributed by atoms with E-state index >= 15 is 0 Å². The highest BCUT2D eigenvalue weighted by Crippen LogP contribution is 2.35. The Bertz CT molecular complexity index is 692. The maximum atomic E-state index is 11.8. The van der Waals surface area contributed by atoms with E-state index in [4.69, 9.17) is 14.2 Å². The maximum Gasteiger partial charge on any atom is 0.336 e. The topological polar surface area (TPSA) is 44.8 Å². The van der Waals surface area contributed by atoms with Gasteiger partial charge < -0.3 is 14.2 Å². The molecule has 0 N–H and O–H groups in total. The lowest BCUT2D eigenvalue weighted by Gasteiger charge is -2.02. The van der Waals surface area contributed by atoms with Crippen LogP contribution in [0.25, 0.3) is 6.08 Å². The monoisotopic (exact) mass is 346 g/mol. The Morgan fingerprint density at radius 2 is 1.86 bits per heavy atom. The number of esters is 1. The predicted molar refractivity (Wildman–Crippen MR) is 81.4 cm³/mol. The molecule has 0 spiro atoms. The summed E-state index contributed by atoms with van der Waals surface area (Å²) in [6, 6.07) is 12.6. The fourth-order valence-corrected chi connectivity index (χ4v) is 2.09. The summed E-state index contributed by atoms with van der Waals surface area (Å²) in [5.74, 6) is 1.21. The first-order valence-corrected chi connectivity index (χ1v) is 7.05. The van der Waals surface area contributed by atoms with Gasteiger partial charge in [-0.05, 0) is 35.9 Å². The third kappa shape index (κ3) is 3.44. The average Bonchev–Trinajstić information content (AvgIpc) is 2.94. The van der Waals surface area contributed by atoms with Crippen LogP contribution in [-0.4, -0.2) is 12.8 Å². The van der Waals surface area contributed by atoms with Crippen molar-refractivity contribution in [2.45, 2.75) is 0 Å². The molecule has 21 heavy (non-hydrogen) atoms. The zero-order valence-corrected chi connectivity index (χ0v) is 12.5. The lowest BCUT2D eigenvalue weighted by molar-refractivity contribution is -0.128. The van der Waals surface area contributed by atoms with E-state index in [1.54, 1.807) is 24.3 Å². The zero-order valence-electron chi connectivity index (χ0n) is 10.9. The lowest BCUT2D eigenvalue weighted by atomic mass is 10.2. The highest BCUT2D eigenvalue weighted by molar-refractivity contribution is 9.10. The summed E-state index contributed by atoms with van der Waals surface area (Å²) in [6.07, 6.45) is 3.08. The van der Waals surface area contributed by atoms with Gasteiger partial charge in [-0.3, -0.25) is 0 Å². The van der Waals surface area contributed by atoms with E-state index in [0.29, 0.717) is 17.2 Å². The number of hydrogen-bond acceptors (Lipinski definition) is 4. The van der Waals surface area contributed by atoms with Gasteiger partial charge in [0.25, 0.3) is 0 Å². The lowest BCUT2D eigenvalue weighted by Crippen LogP contribution is -2.03. The van der Waals surface area contributed by atoms with Crippen LogP contribution in [0.3, 0.4) is 0 Å². The summed E-state index contributed by atoms with van der Waals surface area (Å²) >= 11 is 3.36. The van der Waals surface area contributed by atoms with Crippen LogP contribution in [0.2, 0.25) is 0 Å². The Morgan fingerprint density at radius 3 is 2.67 bits per heavy atom. The average molecular weight is 347 g/mol. The van der Waals surface area contributed by atoms with E-state index in [1.807, 2.05) is 24.3 Å². The van der Waals surface area contributed by atoms with E-state index in [0.717, 1.165) is 10.0 Å². The van der Waals surface area contributed by atoms with Crippen molar-refractivity contribution in [2.75, 3.05) is 6.79 Å². The highest BCUT2D eigenvalue weighted by Gasteiger charge is 2.14. The summed E-state index contributed by atoms with van der Waals surface area (Å²) in [6.45, 7) is 0.191. The minimum absolute atomic E-state index is 0.191. The third-order valence-corrected chi connectivity index (χ3v) is 3.37. The molecule has 0 fully saturated rings. The first-order valence-electron chi connectivity index (χ1n) is 6.26. The summed E-state index contributed by atoms with van der Waals surface area (Å²) in [7, 11) is 0. The molecular formula is C16H11BrO4. The number of hydrogen-bond donors (Lipinski definition) is 0. The fraction of sp³-hybridized carbons (Fsp3) is 0.0625. The molecular weight excluding hydrogens is 336 g/mol. The SMILES string of the molecule is O=C(/C=C/c1ccc(Br)cc1)Oc1ccc2c(c1)OCO2. The molecule has 2 aromatic rings. The van der Waals surface area contributed by atoms with Gasteiger partial charge in [0.15, 0.2) is 11.5 Å². The molecule has 0 amide bonds. The van der Waals surface area contributed by atoms with E-state index < -0.39 is 5.97 Å². The van der Waals surface area contributed by atoms with E-state index in [-0.39, 0.29) is 6.79 Å². The van der Waals surface area contributed by atoms with Crippen molar-refractivity contribution >= 4 is 28.0 Å². The third-order valence-electron chi connectivity index (χ3n) is 2.84. The minimum Gasteiger partial charge on any atom is -0.454 e. The van der Waals surface area contributed by atoms with Crippen molar-refractivity contribution in [1.29, 1.82) is 0 Å². The molecule has 1 aliphatic rings. The van der Waals surface area contributed by atoms with Crippen molar-refractivity contribution in [1.82, 2.24) is 0 Å². The van der Waals surface area contributed by atoms with Gasteiger partial charge in [-0.2, -0.15) is 0 Å². The highest BCUT2D eigenvalue weighted by atomic mass is 79.9. The Morgan fingerprint density at radius 1 is 1.10 bits per heavy atom. The van der Waals surface area contributed by atoms with Crippen molar-refractivity contribution in [3.8, 4) is 17.2 Å². The van der Waals surface area contributed by atoms with Crippen molar-refractivity contribution in [3.05, 3.63) is 58.6 Å². The molecule has 0 atom stereocenters. The molecule has 1 heterocycles. The molecule has 0 saturated heterocycles. The van der Waals surface area contributed by atoms with Gasteiger partial charge in [-0.25, -0.2) is 4.79 Å². The number of rotatable bonds is 3. The summed E-state index contributed by atoms with van der Waals surface area (Å²) in [5, 5.41) is 0. The molecule has 0 unspecified atom stereocenters. The number of fused-ring (bicyclic) bond motifs is 1. The fourth-order valence-electron chi connectivity index (χ4n) is 1.83. The Labute approximate surface area is 130 Å². The van der Waals surface area contributed by atoms with Crippen LogP contribution in [0.5, 0.6) is 17.2 Å². The van der Waals surface area contributed by atoms with Gasteiger partial charge in [-0.1, -0.05) is 28.1 Å². The summed E-state index contributed by atoms with van der Waals surface area (Å²) in [5.41, 5.74) is 0.917. The van der Waals surface area contributed by atoms with Gasteiger partial charge in [0.05, 0.1) is 0 Å². The van der Waals surface area contributed by atoms with Gasteiger partial charge in [-0.15, -0.1) is 0 Å². The molecule has 0 radical (unpaired) electrons. The van der Waals surface area contributed by atoms with Crippen LogP contribution in [0.1, 0.15) is 5.56 Å². The minimum atomic E-state index is -0.447. The summed E-state index contributed by atoms with van der Waals surface area (Å²) in [4.78, 5) is 11.8. The number of ether oxygens (including phenoxy) is 3. The molecule has 106 valence electrons. The van der Waals surface area contributed by atoms with Crippen molar-refractivity contribution < 1.29 is 19.0 Å². The number of carbonyl (C=O) groups excluding carboxylic acids is 1. The predicted octanol–water partition coefficient (Wildman–Crippen LogP) is 3.80.